The Labute approximate surface area is 142 Å². The fraction of sp³-hybridized carbons (Fsp3) is 0.263. The molecule has 2 N–H and O–H groups in total. The zero-order valence-electron chi connectivity index (χ0n) is 14.5. The van der Waals surface area contributed by atoms with Gasteiger partial charge in [0, 0.05) is 12.6 Å². The van der Waals surface area contributed by atoms with E-state index < -0.39 is 0 Å². The molecule has 0 amide bonds. The van der Waals surface area contributed by atoms with Crippen LogP contribution in [0.3, 0.4) is 0 Å². The molecule has 24 heavy (non-hydrogen) atoms. The zero-order valence-corrected chi connectivity index (χ0v) is 14.5. The van der Waals surface area contributed by atoms with Gasteiger partial charge in [0.25, 0.3) is 0 Å². The minimum Gasteiger partial charge on any atom is -0.497 e. The maximum Gasteiger partial charge on any atom is 0.161 e. The highest BCUT2D eigenvalue weighted by atomic mass is 16.5. The number of benzene rings is 2. The summed E-state index contributed by atoms with van der Waals surface area (Å²) in [6.07, 6.45) is 1.95. The highest BCUT2D eigenvalue weighted by Gasteiger charge is 2.12. The third-order valence-corrected chi connectivity index (χ3v) is 3.68. The van der Waals surface area contributed by atoms with Crippen molar-refractivity contribution < 1.29 is 18.9 Å². The molecule has 2 aromatic carbocycles. The molecule has 0 saturated carbocycles. The van der Waals surface area contributed by atoms with Crippen LogP contribution in [0.25, 0.3) is 5.57 Å². The van der Waals surface area contributed by atoms with E-state index in [2.05, 4.69) is 0 Å². The maximum absolute atomic E-state index is 5.78. The topological polar surface area (TPSA) is 62.9 Å². The molecule has 0 radical (unpaired) electrons. The summed E-state index contributed by atoms with van der Waals surface area (Å²) < 4.78 is 21.4. The van der Waals surface area contributed by atoms with Crippen LogP contribution in [0, 0.1) is 0 Å². The molecule has 0 heterocycles. The molecule has 0 saturated heterocycles. The first-order valence-electron chi connectivity index (χ1n) is 7.52. The quantitative estimate of drug-likeness (QED) is 0.845. The van der Waals surface area contributed by atoms with Crippen LogP contribution >= 0.6 is 0 Å². The highest BCUT2D eigenvalue weighted by molar-refractivity contribution is 5.82. The first-order chi connectivity index (χ1) is 11.7. The summed E-state index contributed by atoms with van der Waals surface area (Å²) in [5.41, 5.74) is 8.66. The number of ether oxygens (including phenoxy) is 4. The fourth-order valence-electron chi connectivity index (χ4n) is 2.49. The monoisotopic (exact) mass is 329 g/mol. The standard InChI is InChI=1S/C19H23NO4/c1-21-15-9-14(10-16(12-15)22-2)17(7-8-20)13-5-6-18(23-3)19(11-13)24-4/h5-7,9-12H,8,20H2,1-4H3/b17-7-. The first-order valence-corrected chi connectivity index (χ1v) is 7.52. The van der Waals surface area contributed by atoms with Gasteiger partial charge < -0.3 is 24.7 Å². The molecule has 0 spiro atoms. The average Bonchev–Trinajstić information content (AvgIpc) is 2.64. The molecule has 0 aliphatic carbocycles. The molecule has 0 fully saturated rings. The second-order valence-corrected chi connectivity index (χ2v) is 5.02. The Morgan fingerprint density at radius 2 is 1.42 bits per heavy atom. The highest BCUT2D eigenvalue weighted by Crippen LogP contribution is 2.35. The van der Waals surface area contributed by atoms with E-state index in [1.807, 2.05) is 42.5 Å². The van der Waals surface area contributed by atoms with Gasteiger partial charge in [-0.1, -0.05) is 12.1 Å². The van der Waals surface area contributed by atoms with Crippen LogP contribution in [-0.2, 0) is 0 Å². The molecule has 0 aliphatic rings. The first kappa shape index (κ1) is 17.7. The van der Waals surface area contributed by atoms with E-state index >= 15 is 0 Å². The molecule has 0 aliphatic heterocycles. The van der Waals surface area contributed by atoms with Crippen molar-refractivity contribution in [2.45, 2.75) is 0 Å². The average molecular weight is 329 g/mol. The van der Waals surface area contributed by atoms with Crippen molar-refractivity contribution in [3.8, 4) is 23.0 Å². The van der Waals surface area contributed by atoms with Gasteiger partial charge in [-0.15, -0.1) is 0 Å². The lowest BCUT2D eigenvalue weighted by atomic mass is 9.96. The van der Waals surface area contributed by atoms with E-state index in [1.54, 1.807) is 28.4 Å². The minimum absolute atomic E-state index is 0.406. The number of rotatable bonds is 7. The molecule has 0 aromatic heterocycles. The summed E-state index contributed by atoms with van der Waals surface area (Å²) in [5.74, 6) is 2.77. The number of hydrogen-bond donors (Lipinski definition) is 1. The molecule has 2 rings (SSSR count). The fourth-order valence-corrected chi connectivity index (χ4v) is 2.49. The summed E-state index contributed by atoms with van der Waals surface area (Å²) in [6, 6.07) is 11.5. The van der Waals surface area contributed by atoms with Gasteiger partial charge in [-0.05, 0) is 41.0 Å². The van der Waals surface area contributed by atoms with Gasteiger partial charge in [0.15, 0.2) is 11.5 Å². The predicted molar refractivity (Wildman–Crippen MR) is 95.2 cm³/mol. The van der Waals surface area contributed by atoms with Gasteiger partial charge in [-0.2, -0.15) is 0 Å². The van der Waals surface area contributed by atoms with Crippen LogP contribution in [0.2, 0.25) is 0 Å². The molecular weight excluding hydrogens is 306 g/mol. The van der Waals surface area contributed by atoms with Crippen molar-refractivity contribution in [1.29, 1.82) is 0 Å². The number of hydrogen-bond acceptors (Lipinski definition) is 5. The Kier molecular flexibility index (Phi) is 6.09. The second-order valence-electron chi connectivity index (χ2n) is 5.02. The molecule has 5 heteroatoms. The van der Waals surface area contributed by atoms with E-state index in [1.165, 1.54) is 0 Å². The van der Waals surface area contributed by atoms with E-state index in [4.69, 9.17) is 24.7 Å². The van der Waals surface area contributed by atoms with Crippen molar-refractivity contribution >= 4 is 5.57 Å². The molecule has 128 valence electrons. The summed E-state index contributed by atoms with van der Waals surface area (Å²) in [7, 11) is 6.48. The van der Waals surface area contributed by atoms with Crippen LogP contribution in [0.15, 0.2) is 42.5 Å². The Morgan fingerprint density at radius 1 is 0.792 bits per heavy atom. The Hall–Kier alpha value is -2.66. The summed E-state index contributed by atoms with van der Waals surface area (Å²) in [5, 5.41) is 0. The lowest BCUT2D eigenvalue weighted by Crippen LogP contribution is -1.99. The van der Waals surface area contributed by atoms with E-state index in [-0.39, 0.29) is 0 Å². The second kappa shape index (κ2) is 8.26. The largest absolute Gasteiger partial charge is 0.497 e. The van der Waals surface area contributed by atoms with Gasteiger partial charge in [0.2, 0.25) is 0 Å². The minimum atomic E-state index is 0.406. The van der Waals surface area contributed by atoms with Crippen molar-refractivity contribution in [3.05, 3.63) is 53.6 Å². The normalized spacial score (nSPS) is 11.1. The Bertz CT molecular complexity index is 703. The van der Waals surface area contributed by atoms with E-state index in [0.717, 1.165) is 16.7 Å². The van der Waals surface area contributed by atoms with Crippen molar-refractivity contribution in [2.24, 2.45) is 5.73 Å². The molecule has 2 aromatic rings. The lowest BCUT2D eigenvalue weighted by molar-refractivity contribution is 0.355. The van der Waals surface area contributed by atoms with Gasteiger partial charge >= 0.3 is 0 Å². The smallest absolute Gasteiger partial charge is 0.161 e. The number of nitrogens with two attached hydrogens (primary N) is 1. The third kappa shape index (κ3) is 3.81. The number of methoxy groups -OCH3 is 4. The van der Waals surface area contributed by atoms with Gasteiger partial charge in [0.05, 0.1) is 28.4 Å². The van der Waals surface area contributed by atoms with Crippen LogP contribution in [0.1, 0.15) is 11.1 Å². The van der Waals surface area contributed by atoms with Gasteiger partial charge in [0.1, 0.15) is 11.5 Å². The van der Waals surface area contributed by atoms with Gasteiger partial charge in [-0.25, -0.2) is 0 Å². The Balaban J connectivity index is 2.57. The van der Waals surface area contributed by atoms with E-state index in [0.29, 0.717) is 29.5 Å². The molecule has 0 atom stereocenters. The van der Waals surface area contributed by atoms with Crippen molar-refractivity contribution in [1.82, 2.24) is 0 Å². The summed E-state index contributed by atoms with van der Waals surface area (Å²) in [6.45, 7) is 0.406. The lowest BCUT2D eigenvalue weighted by Gasteiger charge is -2.14. The molecule has 0 unspecified atom stereocenters. The van der Waals surface area contributed by atoms with Crippen molar-refractivity contribution in [2.75, 3.05) is 35.0 Å². The Morgan fingerprint density at radius 3 is 1.92 bits per heavy atom. The summed E-state index contributed by atoms with van der Waals surface area (Å²) >= 11 is 0. The van der Waals surface area contributed by atoms with Crippen molar-refractivity contribution in [3.63, 3.8) is 0 Å². The SMILES string of the molecule is COc1cc(OC)cc(/C(=C\CN)c2ccc(OC)c(OC)c2)c1. The van der Waals surface area contributed by atoms with Crippen LogP contribution in [0.5, 0.6) is 23.0 Å². The maximum atomic E-state index is 5.78. The predicted octanol–water partition coefficient (Wildman–Crippen LogP) is 3.11. The third-order valence-electron chi connectivity index (χ3n) is 3.68. The van der Waals surface area contributed by atoms with Crippen LogP contribution < -0.4 is 24.7 Å². The zero-order chi connectivity index (χ0) is 17.5. The van der Waals surface area contributed by atoms with E-state index in [9.17, 15) is 0 Å². The molecular formula is C19H23NO4. The summed E-state index contributed by atoms with van der Waals surface area (Å²) in [4.78, 5) is 0. The van der Waals surface area contributed by atoms with Crippen LogP contribution in [0.4, 0.5) is 0 Å². The van der Waals surface area contributed by atoms with Crippen LogP contribution in [-0.4, -0.2) is 35.0 Å². The van der Waals surface area contributed by atoms with Gasteiger partial charge in [-0.3, -0.25) is 0 Å². The molecule has 0 bridgehead atoms. The molecule has 5 nitrogen and oxygen atoms in total.